The summed E-state index contributed by atoms with van der Waals surface area (Å²) >= 11 is 0. The molecule has 0 atom stereocenters. The van der Waals surface area contributed by atoms with Crippen molar-refractivity contribution in [1.29, 1.82) is 5.41 Å². The van der Waals surface area contributed by atoms with Crippen LogP contribution in [0, 0.1) is 11.2 Å². The first kappa shape index (κ1) is 28.6. The summed E-state index contributed by atoms with van der Waals surface area (Å²) < 4.78 is 55.9. The zero-order chi connectivity index (χ0) is 29.7. The van der Waals surface area contributed by atoms with Crippen molar-refractivity contribution in [3.05, 3.63) is 113 Å². The van der Waals surface area contributed by atoms with Gasteiger partial charge in [-0.05, 0) is 42.6 Å². The highest BCUT2D eigenvalue weighted by Gasteiger charge is 2.36. The van der Waals surface area contributed by atoms with E-state index in [0.717, 1.165) is 12.3 Å². The first-order valence-corrected chi connectivity index (χ1v) is 11.9. The molecule has 0 fully saturated rings. The average molecular weight is 564 g/mol. The highest BCUT2D eigenvalue weighted by Crippen LogP contribution is 2.35. The summed E-state index contributed by atoms with van der Waals surface area (Å²) in [6.07, 6.45) is -0.100. The molecule has 0 aliphatic rings. The largest absolute Gasteiger partial charge is 0.478 e. The summed E-state index contributed by atoms with van der Waals surface area (Å²) in [6, 6.07) is 13.8. The topological polar surface area (TPSA) is 128 Å². The second kappa shape index (κ2) is 11.8. The van der Waals surface area contributed by atoms with Crippen LogP contribution in [0.2, 0.25) is 0 Å². The number of hydrogen-bond acceptors (Lipinski definition) is 6. The van der Waals surface area contributed by atoms with Gasteiger partial charge in [0.25, 0.3) is 5.91 Å². The van der Waals surface area contributed by atoms with Crippen LogP contribution in [-0.4, -0.2) is 39.7 Å². The Labute approximate surface area is 230 Å². The van der Waals surface area contributed by atoms with Crippen LogP contribution in [-0.2, 0) is 6.18 Å². The van der Waals surface area contributed by atoms with Gasteiger partial charge in [0.1, 0.15) is 5.82 Å². The Bertz CT molecular complexity index is 1650. The van der Waals surface area contributed by atoms with Crippen molar-refractivity contribution in [2.24, 2.45) is 0 Å². The van der Waals surface area contributed by atoms with Gasteiger partial charge in [0.2, 0.25) is 0 Å². The van der Waals surface area contributed by atoms with Crippen molar-refractivity contribution in [3.63, 3.8) is 0 Å². The molecular weight excluding hydrogens is 542 g/mol. The molecule has 0 radical (unpaired) electrons. The number of aromatic nitrogens is 2. The molecule has 0 unspecified atom stereocenters. The number of amides is 1. The third kappa shape index (κ3) is 6.44. The molecule has 0 saturated carbocycles. The highest BCUT2D eigenvalue weighted by atomic mass is 19.4. The Kier molecular flexibility index (Phi) is 8.22. The standard InChI is InChI=1S/C29H21F4N5O3/c1-35-10-9-23(34)19-12-20(22(30)13-21(19)29(31,32)33)27(39)38-25-11-18(24-8-7-17(14-36-24)28(40)41)15-37-26(25)16-5-3-2-4-6-16/h2-15,34-35H,1H3,(H,38,39)(H,40,41)/b10-9-,34-23?. The molecule has 2 heterocycles. The number of anilines is 1. The number of allylic oxidation sites excluding steroid dienone is 1. The van der Waals surface area contributed by atoms with E-state index in [0.29, 0.717) is 22.9 Å². The first-order chi connectivity index (χ1) is 19.5. The monoisotopic (exact) mass is 563 g/mol. The molecule has 8 nitrogen and oxygen atoms in total. The molecule has 41 heavy (non-hydrogen) atoms. The van der Waals surface area contributed by atoms with Gasteiger partial charge in [0.15, 0.2) is 0 Å². The summed E-state index contributed by atoms with van der Waals surface area (Å²) in [5.74, 6) is -3.67. The predicted octanol–water partition coefficient (Wildman–Crippen LogP) is 6.02. The van der Waals surface area contributed by atoms with E-state index in [2.05, 4.69) is 20.6 Å². The van der Waals surface area contributed by atoms with Crippen LogP contribution in [0.3, 0.4) is 0 Å². The van der Waals surface area contributed by atoms with Crippen LogP contribution in [0.15, 0.2) is 85.3 Å². The second-order valence-electron chi connectivity index (χ2n) is 8.59. The van der Waals surface area contributed by atoms with Crippen LogP contribution >= 0.6 is 0 Å². The number of nitrogens with zero attached hydrogens (tertiary/aromatic N) is 2. The van der Waals surface area contributed by atoms with Gasteiger partial charge in [-0.1, -0.05) is 30.3 Å². The molecule has 4 N–H and O–H groups in total. The minimum atomic E-state index is -4.98. The average Bonchev–Trinajstić information content (AvgIpc) is 2.95. The minimum Gasteiger partial charge on any atom is -0.478 e. The molecule has 0 saturated heterocycles. The fourth-order valence-corrected chi connectivity index (χ4v) is 3.87. The summed E-state index contributed by atoms with van der Waals surface area (Å²) in [4.78, 5) is 33.0. The van der Waals surface area contributed by atoms with E-state index in [1.807, 2.05) is 0 Å². The third-order valence-corrected chi connectivity index (χ3v) is 5.85. The lowest BCUT2D eigenvalue weighted by atomic mass is 9.98. The zero-order valence-corrected chi connectivity index (χ0v) is 21.3. The number of alkyl halides is 3. The highest BCUT2D eigenvalue weighted by molar-refractivity contribution is 6.11. The summed E-state index contributed by atoms with van der Waals surface area (Å²) in [7, 11) is 1.49. The number of carbonyl (C=O) groups is 2. The van der Waals surface area contributed by atoms with E-state index in [1.165, 1.54) is 37.6 Å². The van der Waals surface area contributed by atoms with Gasteiger partial charge in [-0.2, -0.15) is 13.2 Å². The van der Waals surface area contributed by atoms with Crippen LogP contribution in [0.25, 0.3) is 22.5 Å². The number of benzene rings is 2. The fraction of sp³-hybridized carbons (Fsp3) is 0.0690. The Morgan fingerprint density at radius 3 is 2.29 bits per heavy atom. The van der Waals surface area contributed by atoms with E-state index >= 15 is 0 Å². The third-order valence-electron chi connectivity index (χ3n) is 5.85. The normalized spacial score (nSPS) is 11.3. The Morgan fingerprint density at radius 2 is 1.68 bits per heavy atom. The number of carboxylic acid groups (broad SMARTS) is 1. The van der Waals surface area contributed by atoms with Crippen molar-refractivity contribution in [1.82, 2.24) is 15.3 Å². The van der Waals surface area contributed by atoms with Crippen LogP contribution in [0.1, 0.15) is 31.8 Å². The minimum absolute atomic E-state index is 0.0418. The number of aromatic carboxylic acids is 1. The van der Waals surface area contributed by atoms with E-state index in [4.69, 9.17) is 10.5 Å². The number of carboxylic acids is 1. The lowest BCUT2D eigenvalue weighted by Gasteiger charge is -2.16. The van der Waals surface area contributed by atoms with Crippen LogP contribution in [0.5, 0.6) is 0 Å². The number of nitrogens with one attached hydrogen (secondary N) is 3. The SMILES string of the molecule is CN/C=C\C(=N)c1cc(C(=O)Nc2cc(-c3ccc(C(=O)O)cn3)cnc2-c2ccccc2)c(F)cc1C(F)(F)F. The second-order valence-corrected chi connectivity index (χ2v) is 8.59. The van der Waals surface area contributed by atoms with Gasteiger partial charge in [-0.15, -0.1) is 0 Å². The van der Waals surface area contributed by atoms with Crippen LogP contribution < -0.4 is 10.6 Å². The molecular formula is C29H21F4N5O3. The Morgan fingerprint density at radius 1 is 0.951 bits per heavy atom. The molecule has 2 aromatic heterocycles. The molecule has 4 aromatic rings. The van der Waals surface area contributed by atoms with Gasteiger partial charge in [0, 0.05) is 36.1 Å². The smallest absolute Gasteiger partial charge is 0.417 e. The quantitative estimate of drug-likeness (QED) is 0.153. The summed E-state index contributed by atoms with van der Waals surface area (Å²) in [6.45, 7) is 0. The maximum Gasteiger partial charge on any atom is 0.417 e. The Hall–Kier alpha value is -5.39. The van der Waals surface area contributed by atoms with Crippen molar-refractivity contribution < 1.29 is 32.3 Å². The summed E-state index contributed by atoms with van der Waals surface area (Å²) in [5.41, 5.74) is -1.79. The van der Waals surface area contributed by atoms with E-state index in [9.17, 15) is 27.2 Å². The summed E-state index contributed by atoms with van der Waals surface area (Å²) in [5, 5.41) is 22.3. The number of hydrogen-bond donors (Lipinski definition) is 4. The van der Waals surface area contributed by atoms with Gasteiger partial charge >= 0.3 is 12.1 Å². The van der Waals surface area contributed by atoms with E-state index in [1.54, 1.807) is 30.3 Å². The fourth-order valence-electron chi connectivity index (χ4n) is 3.87. The van der Waals surface area contributed by atoms with Gasteiger partial charge in [0.05, 0.1) is 39.5 Å². The van der Waals surface area contributed by atoms with Gasteiger partial charge in [-0.3, -0.25) is 14.8 Å². The van der Waals surface area contributed by atoms with Crippen LogP contribution in [0.4, 0.5) is 23.2 Å². The molecule has 0 spiro atoms. The van der Waals surface area contributed by atoms with Gasteiger partial charge < -0.3 is 21.1 Å². The molecule has 12 heteroatoms. The zero-order valence-electron chi connectivity index (χ0n) is 21.3. The number of rotatable bonds is 8. The maximum absolute atomic E-state index is 15.0. The predicted molar refractivity (Wildman–Crippen MR) is 144 cm³/mol. The number of halogens is 4. The van der Waals surface area contributed by atoms with E-state index in [-0.39, 0.29) is 23.0 Å². The molecule has 0 aliphatic heterocycles. The molecule has 1 amide bonds. The van der Waals surface area contributed by atoms with Crippen molar-refractivity contribution >= 4 is 23.3 Å². The molecule has 0 bridgehead atoms. The number of pyridine rings is 2. The molecule has 208 valence electrons. The first-order valence-electron chi connectivity index (χ1n) is 11.9. The van der Waals surface area contributed by atoms with E-state index < -0.39 is 46.3 Å². The maximum atomic E-state index is 15.0. The van der Waals surface area contributed by atoms with Crippen molar-refractivity contribution in [3.8, 4) is 22.5 Å². The molecule has 0 aliphatic carbocycles. The van der Waals surface area contributed by atoms with Gasteiger partial charge in [-0.25, -0.2) is 9.18 Å². The van der Waals surface area contributed by atoms with Crippen molar-refractivity contribution in [2.75, 3.05) is 12.4 Å². The number of carbonyl (C=O) groups excluding carboxylic acids is 1. The molecule has 2 aromatic carbocycles. The lowest BCUT2D eigenvalue weighted by Crippen LogP contribution is -2.19. The lowest BCUT2D eigenvalue weighted by molar-refractivity contribution is -0.137. The van der Waals surface area contributed by atoms with Crippen molar-refractivity contribution in [2.45, 2.75) is 6.18 Å². The molecule has 4 rings (SSSR count). The Balaban J connectivity index is 1.80.